The Kier molecular flexibility index (Phi) is 3.52. The van der Waals surface area contributed by atoms with Gasteiger partial charge in [0.15, 0.2) is 0 Å². The Balaban J connectivity index is 2.14. The zero-order valence-electron chi connectivity index (χ0n) is 9.29. The van der Waals surface area contributed by atoms with Crippen LogP contribution in [0.1, 0.15) is 38.5 Å². The molecule has 84 valence electrons. The van der Waals surface area contributed by atoms with Crippen LogP contribution in [0.5, 0.6) is 0 Å². The summed E-state index contributed by atoms with van der Waals surface area (Å²) in [7, 11) is 0. The molecule has 1 aromatic rings. The van der Waals surface area contributed by atoms with Gasteiger partial charge in [-0.05, 0) is 53.2 Å². The van der Waals surface area contributed by atoms with Gasteiger partial charge in [0.05, 0.1) is 16.8 Å². The Morgan fingerprint density at radius 1 is 1.60 bits per heavy atom. The van der Waals surface area contributed by atoms with Crippen molar-refractivity contribution in [3.05, 3.63) is 22.6 Å². The third-order valence-corrected chi connectivity index (χ3v) is 3.90. The van der Waals surface area contributed by atoms with Gasteiger partial charge in [-0.2, -0.15) is 0 Å². The van der Waals surface area contributed by atoms with E-state index in [1.54, 1.807) is 6.26 Å². The summed E-state index contributed by atoms with van der Waals surface area (Å²) >= 11 is 3.54. The zero-order chi connectivity index (χ0) is 10.8. The van der Waals surface area contributed by atoms with E-state index in [-0.39, 0.29) is 0 Å². The van der Waals surface area contributed by atoms with Gasteiger partial charge in [0.1, 0.15) is 5.76 Å². The van der Waals surface area contributed by atoms with Crippen molar-refractivity contribution < 1.29 is 4.42 Å². The molecule has 0 bridgehead atoms. The molecule has 0 aromatic carbocycles. The second kappa shape index (κ2) is 4.71. The molecule has 1 aliphatic carbocycles. The molecule has 15 heavy (non-hydrogen) atoms. The lowest BCUT2D eigenvalue weighted by molar-refractivity contribution is 0.303. The molecule has 0 radical (unpaired) electrons. The number of rotatable bonds is 5. The zero-order valence-corrected chi connectivity index (χ0v) is 10.9. The first-order valence-electron chi connectivity index (χ1n) is 5.70. The molecule has 2 rings (SSSR count). The first-order chi connectivity index (χ1) is 7.24. The van der Waals surface area contributed by atoms with Crippen molar-refractivity contribution >= 4 is 15.9 Å². The van der Waals surface area contributed by atoms with Crippen molar-refractivity contribution in [1.82, 2.24) is 5.32 Å². The molecule has 0 spiro atoms. The van der Waals surface area contributed by atoms with E-state index in [0.29, 0.717) is 12.0 Å². The average molecular weight is 272 g/mol. The molecular weight excluding hydrogens is 254 g/mol. The predicted octanol–water partition coefficient (Wildman–Crippen LogP) is 3.74. The molecule has 0 aliphatic heterocycles. The van der Waals surface area contributed by atoms with Crippen LogP contribution in [0, 0.1) is 11.8 Å². The van der Waals surface area contributed by atoms with E-state index in [1.807, 2.05) is 6.07 Å². The van der Waals surface area contributed by atoms with Gasteiger partial charge in [0, 0.05) is 0 Å². The molecule has 2 atom stereocenters. The highest BCUT2D eigenvalue weighted by Crippen LogP contribution is 2.43. The quantitative estimate of drug-likeness (QED) is 0.883. The number of hydrogen-bond donors (Lipinski definition) is 1. The van der Waals surface area contributed by atoms with E-state index in [9.17, 15) is 0 Å². The van der Waals surface area contributed by atoms with Crippen molar-refractivity contribution in [2.75, 3.05) is 6.54 Å². The van der Waals surface area contributed by atoms with Gasteiger partial charge in [0.2, 0.25) is 0 Å². The van der Waals surface area contributed by atoms with Crippen LogP contribution in [0.2, 0.25) is 0 Å². The van der Waals surface area contributed by atoms with Gasteiger partial charge in [-0.3, -0.25) is 0 Å². The third kappa shape index (κ3) is 2.45. The lowest BCUT2D eigenvalue weighted by Gasteiger charge is -2.23. The van der Waals surface area contributed by atoms with Crippen LogP contribution in [0.15, 0.2) is 21.2 Å². The fourth-order valence-corrected chi connectivity index (χ4v) is 2.61. The summed E-state index contributed by atoms with van der Waals surface area (Å²) in [6, 6.07) is 2.33. The van der Waals surface area contributed by atoms with Gasteiger partial charge >= 0.3 is 0 Å². The molecule has 2 nitrogen and oxygen atoms in total. The van der Waals surface area contributed by atoms with Crippen molar-refractivity contribution in [2.24, 2.45) is 11.8 Å². The molecule has 1 aromatic heterocycles. The Bertz CT molecular complexity index is 319. The van der Waals surface area contributed by atoms with Gasteiger partial charge in [0.25, 0.3) is 0 Å². The minimum atomic E-state index is 0.354. The standard InChI is InChI=1S/C12H18BrNO/c1-3-14-11(8(2)9-4-5-9)12-10(13)6-7-15-12/h6-9,11,14H,3-5H2,1-2H3. The first kappa shape index (κ1) is 11.2. The number of nitrogens with one attached hydrogen (secondary N) is 1. The number of hydrogen-bond acceptors (Lipinski definition) is 2. The summed E-state index contributed by atoms with van der Waals surface area (Å²) in [5, 5.41) is 3.52. The van der Waals surface area contributed by atoms with E-state index < -0.39 is 0 Å². The molecule has 1 heterocycles. The fraction of sp³-hybridized carbons (Fsp3) is 0.667. The van der Waals surface area contributed by atoms with Crippen LogP contribution in [-0.2, 0) is 0 Å². The van der Waals surface area contributed by atoms with Crippen LogP contribution in [0.4, 0.5) is 0 Å². The smallest absolute Gasteiger partial charge is 0.135 e. The maximum absolute atomic E-state index is 5.57. The van der Waals surface area contributed by atoms with Gasteiger partial charge in [-0.1, -0.05) is 13.8 Å². The highest BCUT2D eigenvalue weighted by atomic mass is 79.9. The Morgan fingerprint density at radius 3 is 2.80 bits per heavy atom. The SMILES string of the molecule is CCNC(c1occc1Br)C(C)C1CC1. The van der Waals surface area contributed by atoms with Crippen LogP contribution < -0.4 is 5.32 Å². The molecule has 0 saturated heterocycles. The number of halogens is 1. The van der Waals surface area contributed by atoms with E-state index in [4.69, 9.17) is 4.42 Å². The van der Waals surface area contributed by atoms with Gasteiger partial charge < -0.3 is 9.73 Å². The summed E-state index contributed by atoms with van der Waals surface area (Å²) in [6.07, 6.45) is 4.51. The van der Waals surface area contributed by atoms with E-state index in [0.717, 1.165) is 22.7 Å². The maximum Gasteiger partial charge on any atom is 0.135 e. The van der Waals surface area contributed by atoms with E-state index in [1.165, 1.54) is 12.8 Å². The highest BCUT2D eigenvalue weighted by Gasteiger charge is 2.35. The average Bonchev–Trinajstić information content (AvgIpc) is 2.98. The minimum Gasteiger partial charge on any atom is -0.466 e. The lowest BCUT2D eigenvalue weighted by atomic mass is 9.94. The predicted molar refractivity (Wildman–Crippen MR) is 64.7 cm³/mol. The molecule has 1 fully saturated rings. The Hall–Kier alpha value is -0.280. The molecule has 3 heteroatoms. The second-order valence-electron chi connectivity index (χ2n) is 4.36. The summed E-state index contributed by atoms with van der Waals surface area (Å²) in [6.45, 7) is 5.44. The van der Waals surface area contributed by atoms with Crippen LogP contribution in [0.3, 0.4) is 0 Å². The molecular formula is C12H18BrNO. The lowest BCUT2D eigenvalue weighted by Crippen LogP contribution is -2.27. The second-order valence-corrected chi connectivity index (χ2v) is 5.22. The summed E-state index contributed by atoms with van der Waals surface area (Å²) in [5.41, 5.74) is 0. The van der Waals surface area contributed by atoms with Crippen molar-refractivity contribution in [3.63, 3.8) is 0 Å². The Labute approximate surface area is 99.6 Å². The molecule has 1 aliphatic rings. The van der Waals surface area contributed by atoms with Crippen molar-refractivity contribution in [2.45, 2.75) is 32.7 Å². The van der Waals surface area contributed by atoms with Gasteiger partial charge in [-0.15, -0.1) is 0 Å². The Morgan fingerprint density at radius 2 is 2.33 bits per heavy atom. The van der Waals surface area contributed by atoms with Crippen molar-refractivity contribution in [1.29, 1.82) is 0 Å². The van der Waals surface area contributed by atoms with E-state index >= 15 is 0 Å². The van der Waals surface area contributed by atoms with E-state index in [2.05, 4.69) is 35.1 Å². The molecule has 2 unspecified atom stereocenters. The number of furan rings is 1. The van der Waals surface area contributed by atoms with Crippen LogP contribution >= 0.6 is 15.9 Å². The molecule has 0 amide bonds. The molecule has 1 saturated carbocycles. The van der Waals surface area contributed by atoms with Gasteiger partial charge in [-0.25, -0.2) is 0 Å². The van der Waals surface area contributed by atoms with Crippen LogP contribution in [-0.4, -0.2) is 6.54 Å². The topological polar surface area (TPSA) is 25.2 Å². The largest absolute Gasteiger partial charge is 0.466 e. The fourth-order valence-electron chi connectivity index (χ4n) is 2.16. The molecule has 1 N–H and O–H groups in total. The summed E-state index contributed by atoms with van der Waals surface area (Å²) in [5.74, 6) is 2.59. The highest BCUT2D eigenvalue weighted by molar-refractivity contribution is 9.10. The monoisotopic (exact) mass is 271 g/mol. The summed E-state index contributed by atoms with van der Waals surface area (Å²) < 4.78 is 6.65. The van der Waals surface area contributed by atoms with Crippen molar-refractivity contribution in [3.8, 4) is 0 Å². The summed E-state index contributed by atoms with van der Waals surface area (Å²) in [4.78, 5) is 0. The normalized spacial score (nSPS) is 20.2. The third-order valence-electron chi connectivity index (χ3n) is 3.24. The minimum absolute atomic E-state index is 0.354. The first-order valence-corrected chi connectivity index (χ1v) is 6.49. The maximum atomic E-state index is 5.57. The van der Waals surface area contributed by atoms with Crippen LogP contribution in [0.25, 0.3) is 0 Å².